The van der Waals surface area contributed by atoms with Crippen molar-refractivity contribution >= 4 is 11.9 Å². The summed E-state index contributed by atoms with van der Waals surface area (Å²) in [7, 11) is 0. The van der Waals surface area contributed by atoms with Crippen LogP contribution in [-0.4, -0.2) is 69.5 Å². The Morgan fingerprint density at radius 3 is 2.48 bits per heavy atom. The number of carboxylic acid groups (broad SMARTS) is 1. The predicted molar refractivity (Wildman–Crippen MR) is 91.8 cm³/mol. The van der Waals surface area contributed by atoms with Gasteiger partial charge in [-0.05, 0) is 18.8 Å². The van der Waals surface area contributed by atoms with E-state index < -0.39 is 11.9 Å². The zero-order valence-corrected chi connectivity index (χ0v) is 14.5. The van der Waals surface area contributed by atoms with E-state index in [1.54, 1.807) is 23.5 Å². The Balaban J connectivity index is 1.49. The summed E-state index contributed by atoms with van der Waals surface area (Å²) in [6.45, 7) is 3.66. The normalized spacial score (nSPS) is 20.6. The largest absolute Gasteiger partial charge is 0.481 e. The maximum atomic E-state index is 12.7. The molecule has 3 rings (SSSR count). The van der Waals surface area contributed by atoms with Gasteiger partial charge in [0.2, 0.25) is 5.91 Å². The first-order valence-electron chi connectivity index (χ1n) is 9.14. The van der Waals surface area contributed by atoms with Crippen LogP contribution in [0.1, 0.15) is 31.4 Å². The minimum Gasteiger partial charge on any atom is -0.481 e. The first-order chi connectivity index (χ1) is 12.1. The lowest BCUT2D eigenvalue weighted by Gasteiger charge is -2.36. The van der Waals surface area contributed by atoms with Gasteiger partial charge in [0.1, 0.15) is 5.92 Å². The lowest BCUT2D eigenvalue weighted by atomic mass is 9.89. The van der Waals surface area contributed by atoms with E-state index in [-0.39, 0.29) is 11.8 Å². The minimum absolute atomic E-state index is 0.0136. The van der Waals surface area contributed by atoms with Crippen LogP contribution in [0, 0.1) is 11.8 Å². The Labute approximate surface area is 148 Å². The summed E-state index contributed by atoms with van der Waals surface area (Å²) in [5.41, 5.74) is 0.966. The third-order valence-electron chi connectivity index (χ3n) is 5.39. The second-order valence-electron chi connectivity index (χ2n) is 6.97. The highest BCUT2D eigenvalue weighted by molar-refractivity contribution is 5.97. The van der Waals surface area contributed by atoms with Crippen LogP contribution in [0.4, 0.5) is 0 Å². The number of piperazine rings is 1. The summed E-state index contributed by atoms with van der Waals surface area (Å²) < 4.78 is 0. The predicted octanol–water partition coefficient (Wildman–Crippen LogP) is 1.05. The molecule has 7 heteroatoms. The van der Waals surface area contributed by atoms with E-state index in [1.807, 2.05) is 0 Å². The molecule has 1 aromatic heterocycles. The fourth-order valence-corrected chi connectivity index (χ4v) is 3.92. The van der Waals surface area contributed by atoms with Crippen LogP contribution < -0.4 is 0 Å². The number of hydrogen-bond donors (Lipinski definition) is 1. The standard InChI is InChI=1S/C18H26N4O3/c23-17(16(18(24)25)14-3-1-2-4-14)22-11-9-21(10-12-22)8-5-15-13-19-6-7-20-15/h6-7,13-14,16H,1-5,8-12H2,(H,24,25). The zero-order valence-electron chi connectivity index (χ0n) is 14.5. The Hall–Kier alpha value is -2.02. The highest BCUT2D eigenvalue weighted by atomic mass is 16.4. The van der Waals surface area contributed by atoms with Crippen molar-refractivity contribution in [3.05, 3.63) is 24.3 Å². The molecule has 2 aliphatic rings. The maximum Gasteiger partial charge on any atom is 0.316 e. The van der Waals surface area contributed by atoms with Crippen molar-refractivity contribution in [1.29, 1.82) is 0 Å². The number of nitrogens with zero attached hydrogens (tertiary/aromatic N) is 4. The molecule has 1 amide bonds. The SMILES string of the molecule is O=C(O)C(C(=O)N1CCN(CCc2cnccn2)CC1)C1CCCC1. The van der Waals surface area contributed by atoms with Gasteiger partial charge in [0, 0.05) is 57.7 Å². The van der Waals surface area contributed by atoms with Gasteiger partial charge in [-0.3, -0.25) is 24.5 Å². The van der Waals surface area contributed by atoms with Crippen LogP contribution in [-0.2, 0) is 16.0 Å². The fourth-order valence-electron chi connectivity index (χ4n) is 3.92. The highest BCUT2D eigenvalue weighted by Crippen LogP contribution is 2.32. The number of aromatic nitrogens is 2. The Morgan fingerprint density at radius 1 is 1.16 bits per heavy atom. The molecule has 1 atom stereocenters. The molecular formula is C18H26N4O3. The molecule has 0 spiro atoms. The summed E-state index contributed by atoms with van der Waals surface area (Å²) in [4.78, 5) is 36.7. The van der Waals surface area contributed by atoms with E-state index in [0.29, 0.717) is 13.1 Å². The molecular weight excluding hydrogens is 320 g/mol. The molecule has 1 aliphatic heterocycles. The van der Waals surface area contributed by atoms with Crippen molar-refractivity contribution in [3.63, 3.8) is 0 Å². The molecule has 1 N–H and O–H groups in total. The first kappa shape index (κ1) is 17.8. The average molecular weight is 346 g/mol. The molecule has 0 bridgehead atoms. The maximum absolute atomic E-state index is 12.7. The topological polar surface area (TPSA) is 86.6 Å². The van der Waals surface area contributed by atoms with E-state index in [1.165, 1.54) is 0 Å². The third kappa shape index (κ3) is 4.54. The summed E-state index contributed by atoms with van der Waals surface area (Å²) in [5, 5.41) is 9.53. The number of hydrogen-bond acceptors (Lipinski definition) is 5. The van der Waals surface area contributed by atoms with E-state index in [4.69, 9.17) is 0 Å². The molecule has 1 saturated heterocycles. The Bertz CT molecular complexity index is 581. The zero-order chi connectivity index (χ0) is 17.6. The molecule has 7 nitrogen and oxygen atoms in total. The molecule has 1 unspecified atom stereocenters. The quantitative estimate of drug-likeness (QED) is 0.775. The number of carbonyl (C=O) groups excluding carboxylic acids is 1. The first-order valence-corrected chi connectivity index (χ1v) is 9.14. The minimum atomic E-state index is -0.956. The number of aliphatic carboxylic acids is 1. The highest BCUT2D eigenvalue weighted by Gasteiger charge is 2.39. The molecule has 1 aromatic rings. The van der Waals surface area contributed by atoms with Crippen molar-refractivity contribution in [2.75, 3.05) is 32.7 Å². The smallest absolute Gasteiger partial charge is 0.316 e. The summed E-state index contributed by atoms with van der Waals surface area (Å²) >= 11 is 0. The summed E-state index contributed by atoms with van der Waals surface area (Å²) in [6.07, 6.45) is 9.77. The van der Waals surface area contributed by atoms with Crippen LogP contribution >= 0.6 is 0 Å². The van der Waals surface area contributed by atoms with E-state index >= 15 is 0 Å². The van der Waals surface area contributed by atoms with Gasteiger partial charge in [-0.1, -0.05) is 12.8 Å². The van der Waals surface area contributed by atoms with Gasteiger partial charge in [-0.2, -0.15) is 0 Å². The molecule has 2 heterocycles. The van der Waals surface area contributed by atoms with Crippen molar-refractivity contribution in [2.45, 2.75) is 32.1 Å². The van der Waals surface area contributed by atoms with Gasteiger partial charge < -0.3 is 10.0 Å². The van der Waals surface area contributed by atoms with Gasteiger partial charge in [0.25, 0.3) is 0 Å². The molecule has 1 saturated carbocycles. The number of carbonyl (C=O) groups is 2. The number of carboxylic acids is 1. The molecule has 1 aliphatic carbocycles. The summed E-state index contributed by atoms with van der Waals surface area (Å²) in [6, 6.07) is 0. The van der Waals surface area contributed by atoms with Crippen LogP contribution in [0.15, 0.2) is 18.6 Å². The van der Waals surface area contributed by atoms with Gasteiger partial charge >= 0.3 is 5.97 Å². The number of amides is 1. The van der Waals surface area contributed by atoms with Crippen LogP contribution in [0.2, 0.25) is 0 Å². The van der Waals surface area contributed by atoms with E-state index in [2.05, 4.69) is 14.9 Å². The van der Waals surface area contributed by atoms with Crippen LogP contribution in [0.3, 0.4) is 0 Å². The Morgan fingerprint density at radius 2 is 1.88 bits per heavy atom. The van der Waals surface area contributed by atoms with Crippen LogP contribution in [0.25, 0.3) is 0 Å². The second kappa shape index (κ2) is 8.38. The molecule has 2 fully saturated rings. The van der Waals surface area contributed by atoms with Crippen molar-refractivity contribution in [2.24, 2.45) is 11.8 Å². The Kier molecular flexibility index (Phi) is 5.96. The summed E-state index contributed by atoms with van der Waals surface area (Å²) in [5.74, 6) is -1.98. The van der Waals surface area contributed by atoms with Gasteiger partial charge in [0.05, 0.1) is 5.69 Å². The van der Waals surface area contributed by atoms with Gasteiger partial charge in [-0.25, -0.2) is 0 Å². The third-order valence-corrected chi connectivity index (χ3v) is 5.39. The van der Waals surface area contributed by atoms with E-state index in [9.17, 15) is 14.7 Å². The molecule has 25 heavy (non-hydrogen) atoms. The molecule has 0 aromatic carbocycles. The van der Waals surface area contributed by atoms with Gasteiger partial charge in [0.15, 0.2) is 0 Å². The average Bonchev–Trinajstić information content (AvgIpc) is 3.15. The monoisotopic (exact) mass is 346 g/mol. The van der Waals surface area contributed by atoms with Crippen molar-refractivity contribution in [3.8, 4) is 0 Å². The molecule has 0 radical (unpaired) electrons. The number of rotatable bonds is 6. The van der Waals surface area contributed by atoms with Crippen molar-refractivity contribution < 1.29 is 14.7 Å². The lowest BCUT2D eigenvalue weighted by Crippen LogP contribution is -2.52. The van der Waals surface area contributed by atoms with Crippen molar-refractivity contribution in [1.82, 2.24) is 19.8 Å². The fraction of sp³-hybridized carbons (Fsp3) is 0.667. The van der Waals surface area contributed by atoms with E-state index in [0.717, 1.165) is 57.4 Å². The van der Waals surface area contributed by atoms with Crippen LogP contribution in [0.5, 0.6) is 0 Å². The lowest BCUT2D eigenvalue weighted by molar-refractivity contribution is -0.154. The second-order valence-corrected chi connectivity index (χ2v) is 6.97. The molecule has 136 valence electrons. The van der Waals surface area contributed by atoms with Gasteiger partial charge in [-0.15, -0.1) is 0 Å².